The van der Waals surface area contributed by atoms with Crippen LogP contribution in [0.1, 0.15) is 32.1 Å². The largest absolute Gasteiger partial charge is 0.378 e. The molecule has 2 saturated heterocycles. The number of hydrogen-bond donors (Lipinski definition) is 1. The summed E-state index contributed by atoms with van der Waals surface area (Å²) < 4.78 is 11.1. The molecule has 0 aromatic carbocycles. The van der Waals surface area contributed by atoms with E-state index in [1.807, 2.05) is 4.90 Å². The topological polar surface area (TPSA) is 64.8 Å². The van der Waals surface area contributed by atoms with Crippen molar-refractivity contribution >= 4 is 18.3 Å². The number of carbonyl (C=O) groups is 1. The number of nitrogens with two attached hydrogens (primary N) is 1. The molecule has 0 aliphatic carbocycles. The van der Waals surface area contributed by atoms with E-state index in [2.05, 4.69) is 0 Å². The van der Waals surface area contributed by atoms with Gasteiger partial charge >= 0.3 is 0 Å². The van der Waals surface area contributed by atoms with Gasteiger partial charge in [-0.1, -0.05) is 0 Å². The van der Waals surface area contributed by atoms with Gasteiger partial charge in [-0.3, -0.25) is 4.79 Å². The highest BCUT2D eigenvalue weighted by Gasteiger charge is 2.24. The van der Waals surface area contributed by atoms with Crippen molar-refractivity contribution in [3.63, 3.8) is 0 Å². The maximum absolute atomic E-state index is 12.1. The van der Waals surface area contributed by atoms with E-state index in [1.165, 1.54) is 6.42 Å². The average molecular weight is 293 g/mol. The number of ether oxygens (including phenoxy) is 2. The van der Waals surface area contributed by atoms with E-state index in [9.17, 15) is 4.79 Å². The predicted molar refractivity (Wildman–Crippen MR) is 75.4 cm³/mol. The molecule has 2 N–H and O–H groups in total. The Morgan fingerprint density at radius 1 is 1.21 bits per heavy atom. The maximum Gasteiger partial charge on any atom is 0.222 e. The van der Waals surface area contributed by atoms with E-state index in [0.717, 1.165) is 25.9 Å². The SMILES string of the molecule is Cl.NCC1CN(C(=O)CCC2CCCCO2)CCO1. The van der Waals surface area contributed by atoms with Gasteiger partial charge in [-0.2, -0.15) is 0 Å². The van der Waals surface area contributed by atoms with Gasteiger partial charge in [-0.05, 0) is 25.7 Å². The molecule has 19 heavy (non-hydrogen) atoms. The summed E-state index contributed by atoms with van der Waals surface area (Å²) in [7, 11) is 0. The third-order valence-electron chi connectivity index (χ3n) is 3.71. The molecule has 0 bridgehead atoms. The lowest BCUT2D eigenvalue weighted by molar-refractivity contribution is -0.139. The zero-order chi connectivity index (χ0) is 12.8. The van der Waals surface area contributed by atoms with Crippen LogP contribution in [0.5, 0.6) is 0 Å². The zero-order valence-electron chi connectivity index (χ0n) is 11.4. The smallest absolute Gasteiger partial charge is 0.222 e. The molecule has 0 spiro atoms. The van der Waals surface area contributed by atoms with Crippen molar-refractivity contribution in [1.29, 1.82) is 0 Å². The Hall–Kier alpha value is -0.360. The van der Waals surface area contributed by atoms with Crippen LogP contribution in [0.2, 0.25) is 0 Å². The van der Waals surface area contributed by atoms with Crippen LogP contribution in [0.3, 0.4) is 0 Å². The first-order chi connectivity index (χ1) is 8.79. The maximum atomic E-state index is 12.1. The Morgan fingerprint density at radius 3 is 2.68 bits per heavy atom. The third kappa shape index (κ3) is 5.26. The predicted octanol–water partition coefficient (Wildman–Crippen LogP) is 0.944. The number of halogens is 1. The molecule has 1 amide bonds. The number of amides is 1. The summed E-state index contributed by atoms with van der Waals surface area (Å²) >= 11 is 0. The van der Waals surface area contributed by atoms with Crippen molar-refractivity contribution in [2.75, 3.05) is 32.8 Å². The molecule has 0 aromatic rings. The minimum Gasteiger partial charge on any atom is -0.378 e. The summed E-state index contributed by atoms with van der Waals surface area (Å²) in [5.74, 6) is 0.214. The molecule has 0 saturated carbocycles. The summed E-state index contributed by atoms with van der Waals surface area (Å²) in [6.07, 6.45) is 5.22. The molecular formula is C13H25ClN2O3. The Balaban J connectivity index is 0.00000180. The van der Waals surface area contributed by atoms with Crippen LogP contribution in [0.4, 0.5) is 0 Å². The normalized spacial score (nSPS) is 27.7. The first-order valence-electron chi connectivity index (χ1n) is 7.00. The van der Waals surface area contributed by atoms with Gasteiger partial charge in [-0.15, -0.1) is 12.4 Å². The Labute approximate surface area is 121 Å². The van der Waals surface area contributed by atoms with Crippen molar-refractivity contribution in [3.05, 3.63) is 0 Å². The molecule has 112 valence electrons. The highest BCUT2D eigenvalue weighted by atomic mass is 35.5. The summed E-state index contributed by atoms with van der Waals surface area (Å²) in [5.41, 5.74) is 5.57. The molecule has 2 fully saturated rings. The molecule has 2 atom stereocenters. The van der Waals surface area contributed by atoms with Gasteiger partial charge in [0.15, 0.2) is 0 Å². The molecular weight excluding hydrogens is 268 g/mol. The van der Waals surface area contributed by atoms with Crippen LogP contribution in [0.25, 0.3) is 0 Å². The summed E-state index contributed by atoms with van der Waals surface area (Å²) in [5, 5.41) is 0. The van der Waals surface area contributed by atoms with E-state index in [-0.39, 0.29) is 30.5 Å². The molecule has 2 aliphatic rings. The number of hydrogen-bond acceptors (Lipinski definition) is 4. The van der Waals surface area contributed by atoms with Crippen LogP contribution in [0.15, 0.2) is 0 Å². The van der Waals surface area contributed by atoms with Crippen molar-refractivity contribution in [2.45, 2.75) is 44.3 Å². The number of rotatable bonds is 4. The highest BCUT2D eigenvalue weighted by Crippen LogP contribution is 2.18. The fourth-order valence-electron chi connectivity index (χ4n) is 2.57. The van der Waals surface area contributed by atoms with Crippen molar-refractivity contribution in [1.82, 2.24) is 4.90 Å². The van der Waals surface area contributed by atoms with Gasteiger partial charge in [0.1, 0.15) is 0 Å². The molecule has 6 heteroatoms. The fourth-order valence-corrected chi connectivity index (χ4v) is 2.57. The fraction of sp³-hybridized carbons (Fsp3) is 0.923. The van der Waals surface area contributed by atoms with Crippen LogP contribution in [-0.4, -0.2) is 55.9 Å². The molecule has 2 rings (SSSR count). The van der Waals surface area contributed by atoms with E-state index >= 15 is 0 Å². The lowest BCUT2D eigenvalue weighted by Crippen LogP contribution is -2.48. The van der Waals surface area contributed by atoms with Crippen LogP contribution >= 0.6 is 12.4 Å². The number of morpholine rings is 1. The number of carbonyl (C=O) groups excluding carboxylic acids is 1. The van der Waals surface area contributed by atoms with Gasteiger partial charge < -0.3 is 20.1 Å². The van der Waals surface area contributed by atoms with Crippen molar-refractivity contribution in [2.24, 2.45) is 5.73 Å². The van der Waals surface area contributed by atoms with Gasteiger partial charge in [0, 0.05) is 32.7 Å². The van der Waals surface area contributed by atoms with Gasteiger partial charge in [0.2, 0.25) is 5.91 Å². The molecule has 5 nitrogen and oxygen atoms in total. The monoisotopic (exact) mass is 292 g/mol. The minimum absolute atomic E-state index is 0. The van der Waals surface area contributed by atoms with Crippen molar-refractivity contribution < 1.29 is 14.3 Å². The highest BCUT2D eigenvalue weighted by molar-refractivity contribution is 5.85. The Morgan fingerprint density at radius 2 is 2.00 bits per heavy atom. The van der Waals surface area contributed by atoms with E-state index in [4.69, 9.17) is 15.2 Å². The molecule has 0 aromatic heterocycles. The van der Waals surface area contributed by atoms with Gasteiger partial charge in [-0.25, -0.2) is 0 Å². The quantitative estimate of drug-likeness (QED) is 0.838. The van der Waals surface area contributed by atoms with Crippen molar-refractivity contribution in [3.8, 4) is 0 Å². The zero-order valence-corrected chi connectivity index (χ0v) is 12.2. The summed E-state index contributed by atoms with van der Waals surface area (Å²) in [6, 6.07) is 0. The summed E-state index contributed by atoms with van der Waals surface area (Å²) in [4.78, 5) is 14.0. The first-order valence-corrected chi connectivity index (χ1v) is 7.00. The Bertz CT molecular complexity index is 273. The standard InChI is InChI=1S/C13H24N2O3.ClH/c14-9-12-10-15(6-8-18-12)13(16)5-4-11-3-1-2-7-17-11;/h11-12H,1-10,14H2;1H. The van der Waals surface area contributed by atoms with Gasteiger partial charge in [0.05, 0.1) is 18.8 Å². The van der Waals surface area contributed by atoms with Crippen LogP contribution < -0.4 is 5.73 Å². The molecule has 2 unspecified atom stereocenters. The second-order valence-electron chi connectivity index (χ2n) is 5.10. The van der Waals surface area contributed by atoms with E-state index in [1.54, 1.807) is 0 Å². The van der Waals surface area contributed by atoms with Gasteiger partial charge in [0.25, 0.3) is 0 Å². The van der Waals surface area contributed by atoms with E-state index in [0.29, 0.717) is 32.7 Å². The average Bonchev–Trinajstić information content (AvgIpc) is 2.46. The number of nitrogens with zero attached hydrogens (tertiary/aromatic N) is 1. The van der Waals surface area contributed by atoms with Crippen LogP contribution in [-0.2, 0) is 14.3 Å². The third-order valence-corrected chi connectivity index (χ3v) is 3.71. The Kier molecular flexibility index (Phi) is 7.68. The lowest BCUT2D eigenvalue weighted by Gasteiger charge is -2.33. The van der Waals surface area contributed by atoms with E-state index < -0.39 is 0 Å². The molecule has 2 heterocycles. The second-order valence-corrected chi connectivity index (χ2v) is 5.10. The van der Waals surface area contributed by atoms with Crippen LogP contribution in [0, 0.1) is 0 Å². The minimum atomic E-state index is 0. The second kappa shape index (κ2) is 8.74. The molecule has 0 radical (unpaired) electrons. The molecule has 2 aliphatic heterocycles. The first kappa shape index (κ1) is 16.7. The summed E-state index contributed by atoms with van der Waals surface area (Å²) in [6.45, 7) is 3.27. The lowest BCUT2D eigenvalue weighted by atomic mass is 10.0.